The number of halogens is 1. The van der Waals surface area contributed by atoms with E-state index in [0.29, 0.717) is 18.2 Å². The summed E-state index contributed by atoms with van der Waals surface area (Å²) < 4.78 is 13.5. The Kier molecular flexibility index (Phi) is 6.21. The van der Waals surface area contributed by atoms with Crippen molar-refractivity contribution in [3.05, 3.63) is 59.4 Å². The molecule has 1 N–H and O–H groups in total. The van der Waals surface area contributed by atoms with Crippen LogP contribution in [-0.4, -0.2) is 51.6 Å². The summed E-state index contributed by atoms with van der Waals surface area (Å²) in [5, 5.41) is 7.26. The Morgan fingerprint density at radius 1 is 1.22 bits per heavy atom. The standard InChI is InChI=1S/C24H29FN6O/c1-15(2)19-13-20(29-28-19)23(32)31-12-6-5-7-21(31)22-18(14-26-24(27-22)30(3)4)16-8-10-17(25)11-9-16/h8-11,13-15,21H,5-7,12H2,1-4H3,(H,28,29)/t21-/m0/s1. The number of nitrogens with one attached hydrogen (secondary N) is 1. The number of carbonyl (C=O) groups excluding carboxylic acids is 1. The molecule has 32 heavy (non-hydrogen) atoms. The van der Waals surface area contributed by atoms with Gasteiger partial charge in [0.05, 0.1) is 11.7 Å². The van der Waals surface area contributed by atoms with Crippen molar-refractivity contribution in [2.75, 3.05) is 25.5 Å². The van der Waals surface area contributed by atoms with Gasteiger partial charge in [-0.3, -0.25) is 9.89 Å². The summed E-state index contributed by atoms with van der Waals surface area (Å²) in [6, 6.07) is 7.94. The first-order valence-electron chi connectivity index (χ1n) is 11.0. The van der Waals surface area contributed by atoms with E-state index in [1.165, 1.54) is 12.1 Å². The van der Waals surface area contributed by atoms with Crippen molar-refractivity contribution in [2.45, 2.75) is 45.1 Å². The summed E-state index contributed by atoms with van der Waals surface area (Å²) in [5.74, 6) is 0.435. The third-order valence-corrected chi connectivity index (χ3v) is 5.88. The molecule has 0 aliphatic carbocycles. The monoisotopic (exact) mass is 436 g/mol. The van der Waals surface area contributed by atoms with E-state index in [9.17, 15) is 9.18 Å². The second-order valence-corrected chi connectivity index (χ2v) is 8.74. The molecular weight excluding hydrogens is 407 g/mol. The first kappa shape index (κ1) is 21.9. The fraction of sp³-hybridized carbons (Fsp3) is 0.417. The minimum absolute atomic E-state index is 0.104. The van der Waals surface area contributed by atoms with Crippen LogP contribution in [0, 0.1) is 5.82 Å². The van der Waals surface area contributed by atoms with Gasteiger partial charge >= 0.3 is 0 Å². The first-order chi connectivity index (χ1) is 15.3. The molecule has 1 atom stereocenters. The van der Waals surface area contributed by atoms with Gasteiger partial charge in [-0.15, -0.1) is 0 Å². The predicted molar refractivity (Wildman–Crippen MR) is 122 cm³/mol. The quantitative estimate of drug-likeness (QED) is 0.634. The van der Waals surface area contributed by atoms with E-state index in [4.69, 9.17) is 4.98 Å². The molecule has 1 amide bonds. The number of H-pyrrole nitrogens is 1. The molecule has 0 radical (unpaired) electrons. The lowest BCUT2D eigenvalue weighted by Gasteiger charge is -2.36. The van der Waals surface area contributed by atoms with E-state index in [-0.39, 0.29) is 23.7 Å². The second-order valence-electron chi connectivity index (χ2n) is 8.74. The zero-order valence-corrected chi connectivity index (χ0v) is 19.0. The van der Waals surface area contributed by atoms with Gasteiger partial charge in [-0.2, -0.15) is 5.10 Å². The lowest BCUT2D eigenvalue weighted by atomic mass is 9.93. The van der Waals surface area contributed by atoms with E-state index in [1.807, 2.05) is 30.0 Å². The van der Waals surface area contributed by atoms with Crippen LogP contribution in [0.4, 0.5) is 10.3 Å². The van der Waals surface area contributed by atoms with Crippen molar-refractivity contribution in [2.24, 2.45) is 0 Å². The van der Waals surface area contributed by atoms with Crippen LogP contribution in [0.2, 0.25) is 0 Å². The maximum atomic E-state index is 13.5. The highest BCUT2D eigenvalue weighted by Crippen LogP contribution is 2.37. The summed E-state index contributed by atoms with van der Waals surface area (Å²) in [7, 11) is 3.77. The number of benzene rings is 1. The SMILES string of the molecule is CC(C)c1cc(C(=O)N2CCCC[C@H]2c2nc(N(C)C)ncc2-c2ccc(F)cc2)n[nH]1. The number of piperidine rings is 1. The average molecular weight is 437 g/mol. The van der Waals surface area contributed by atoms with Gasteiger partial charge in [0.25, 0.3) is 5.91 Å². The molecule has 3 aromatic rings. The lowest BCUT2D eigenvalue weighted by molar-refractivity contribution is 0.0600. The lowest BCUT2D eigenvalue weighted by Crippen LogP contribution is -2.39. The summed E-state index contributed by atoms with van der Waals surface area (Å²) >= 11 is 0. The molecule has 3 heterocycles. The van der Waals surface area contributed by atoms with Gasteiger partial charge in [-0.25, -0.2) is 14.4 Å². The Hall–Kier alpha value is -3.29. The molecule has 0 spiro atoms. The molecule has 0 bridgehead atoms. The van der Waals surface area contributed by atoms with E-state index >= 15 is 0 Å². The maximum Gasteiger partial charge on any atom is 0.274 e. The Morgan fingerprint density at radius 2 is 1.97 bits per heavy atom. The molecule has 1 fully saturated rings. The number of amides is 1. The zero-order chi connectivity index (χ0) is 22.8. The number of anilines is 1. The van der Waals surface area contributed by atoms with E-state index in [0.717, 1.165) is 41.8 Å². The molecule has 1 aliphatic heterocycles. The third-order valence-electron chi connectivity index (χ3n) is 5.88. The summed E-state index contributed by atoms with van der Waals surface area (Å²) in [4.78, 5) is 26.5. The number of likely N-dealkylation sites (tertiary alicyclic amines) is 1. The highest BCUT2D eigenvalue weighted by atomic mass is 19.1. The van der Waals surface area contributed by atoms with Gasteiger partial charge in [-0.05, 0) is 48.9 Å². The Bertz CT molecular complexity index is 1090. The van der Waals surface area contributed by atoms with Crippen molar-refractivity contribution >= 4 is 11.9 Å². The minimum atomic E-state index is -0.296. The third kappa shape index (κ3) is 4.35. The van der Waals surface area contributed by atoms with Gasteiger partial charge in [0.15, 0.2) is 0 Å². The Balaban J connectivity index is 1.76. The van der Waals surface area contributed by atoms with E-state index in [2.05, 4.69) is 29.0 Å². The van der Waals surface area contributed by atoms with Gasteiger partial charge in [-0.1, -0.05) is 26.0 Å². The van der Waals surface area contributed by atoms with Crippen LogP contribution in [0.3, 0.4) is 0 Å². The first-order valence-corrected chi connectivity index (χ1v) is 11.0. The molecule has 2 aromatic heterocycles. The van der Waals surface area contributed by atoms with Crippen molar-refractivity contribution in [1.29, 1.82) is 0 Å². The number of hydrogen-bond acceptors (Lipinski definition) is 5. The molecule has 1 aliphatic rings. The average Bonchev–Trinajstić information content (AvgIpc) is 3.29. The summed E-state index contributed by atoms with van der Waals surface area (Å²) in [6.45, 7) is 4.76. The van der Waals surface area contributed by atoms with Crippen LogP contribution in [0.25, 0.3) is 11.1 Å². The molecule has 168 valence electrons. The van der Waals surface area contributed by atoms with Crippen molar-refractivity contribution in [3.8, 4) is 11.1 Å². The Labute approximate surface area is 187 Å². The second kappa shape index (κ2) is 9.06. The smallest absolute Gasteiger partial charge is 0.274 e. The zero-order valence-electron chi connectivity index (χ0n) is 19.0. The number of rotatable bonds is 5. The number of aromatic nitrogens is 4. The maximum absolute atomic E-state index is 13.5. The topological polar surface area (TPSA) is 78.0 Å². The van der Waals surface area contributed by atoms with Crippen molar-refractivity contribution < 1.29 is 9.18 Å². The minimum Gasteiger partial charge on any atom is -0.347 e. The van der Waals surface area contributed by atoms with Crippen LogP contribution >= 0.6 is 0 Å². The number of aromatic amines is 1. The van der Waals surface area contributed by atoms with Crippen LogP contribution in [-0.2, 0) is 0 Å². The Morgan fingerprint density at radius 3 is 2.62 bits per heavy atom. The normalized spacial score (nSPS) is 16.4. The van der Waals surface area contributed by atoms with E-state index < -0.39 is 0 Å². The molecule has 1 aromatic carbocycles. The van der Waals surface area contributed by atoms with Gasteiger partial charge in [0, 0.05) is 38.1 Å². The van der Waals surface area contributed by atoms with Crippen molar-refractivity contribution in [3.63, 3.8) is 0 Å². The fourth-order valence-electron chi connectivity index (χ4n) is 4.05. The van der Waals surface area contributed by atoms with E-state index in [1.54, 1.807) is 18.3 Å². The molecular formula is C24H29FN6O. The summed E-state index contributed by atoms with van der Waals surface area (Å²) in [5.41, 5.74) is 3.77. The van der Waals surface area contributed by atoms with Crippen LogP contribution in [0.1, 0.15) is 66.9 Å². The molecule has 7 nitrogen and oxygen atoms in total. The number of hydrogen-bond donors (Lipinski definition) is 1. The van der Waals surface area contributed by atoms with Crippen LogP contribution < -0.4 is 4.90 Å². The largest absolute Gasteiger partial charge is 0.347 e. The molecule has 8 heteroatoms. The number of carbonyl (C=O) groups is 1. The highest BCUT2D eigenvalue weighted by molar-refractivity contribution is 5.93. The van der Waals surface area contributed by atoms with Crippen LogP contribution in [0.15, 0.2) is 36.5 Å². The molecule has 4 rings (SSSR count). The van der Waals surface area contributed by atoms with Crippen LogP contribution in [0.5, 0.6) is 0 Å². The van der Waals surface area contributed by atoms with Crippen molar-refractivity contribution in [1.82, 2.24) is 25.1 Å². The molecule has 1 saturated heterocycles. The summed E-state index contributed by atoms with van der Waals surface area (Å²) in [6.07, 6.45) is 4.50. The predicted octanol–water partition coefficient (Wildman–Crippen LogP) is 4.56. The molecule has 0 unspecified atom stereocenters. The van der Waals surface area contributed by atoms with Gasteiger partial charge in [0.2, 0.25) is 5.95 Å². The fourth-order valence-corrected chi connectivity index (χ4v) is 4.05. The van der Waals surface area contributed by atoms with Gasteiger partial charge in [0.1, 0.15) is 11.5 Å². The highest BCUT2D eigenvalue weighted by Gasteiger charge is 2.33. The van der Waals surface area contributed by atoms with Gasteiger partial charge < -0.3 is 9.80 Å². The molecule has 0 saturated carbocycles. The number of nitrogens with zero attached hydrogens (tertiary/aromatic N) is 5.